The smallest absolute Gasteiger partial charge is 0.153 e. The first-order chi connectivity index (χ1) is 9.86. The van der Waals surface area contributed by atoms with Gasteiger partial charge in [0.2, 0.25) is 0 Å². The molecule has 0 spiro atoms. The number of hydrogen-bond donors (Lipinski definition) is 1. The maximum atomic E-state index is 9.30. The Morgan fingerprint density at radius 3 is 2.95 bits per heavy atom. The lowest BCUT2D eigenvalue weighted by molar-refractivity contribution is 0.274. The first-order valence-corrected chi connectivity index (χ1v) is 6.28. The van der Waals surface area contributed by atoms with Crippen molar-refractivity contribution in [2.24, 2.45) is 0 Å². The van der Waals surface area contributed by atoms with Crippen LogP contribution in [0.5, 0.6) is 0 Å². The molecule has 20 heavy (non-hydrogen) atoms. The van der Waals surface area contributed by atoms with E-state index in [1.54, 1.807) is 17.0 Å². The molecule has 5 heteroatoms. The zero-order chi connectivity index (χ0) is 13.5. The average Bonchev–Trinajstić information content (AvgIpc) is 3.10. The Balaban J connectivity index is 1.97. The Labute approximate surface area is 114 Å². The number of hydrogen-bond acceptors (Lipinski definition) is 4. The zero-order valence-corrected chi connectivity index (χ0v) is 10.5. The number of fused-ring (bicyclic) bond motifs is 2. The van der Waals surface area contributed by atoms with E-state index in [1.807, 2.05) is 36.4 Å². The molecule has 0 unspecified atom stereocenters. The van der Waals surface area contributed by atoms with Crippen molar-refractivity contribution >= 4 is 16.6 Å². The number of aliphatic hydroxyl groups is 1. The monoisotopic (exact) mass is 265 g/mol. The van der Waals surface area contributed by atoms with Gasteiger partial charge in [0, 0.05) is 10.9 Å². The molecule has 1 aromatic carbocycles. The van der Waals surface area contributed by atoms with E-state index in [4.69, 9.17) is 4.42 Å². The van der Waals surface area contributed by atoms with E-state index in [0.29, 0.717) is 11.3 Å². The van der Waals surface area contributed by atoms with Gasteiger partial charge < -0.3 is 9.52 Å². The van der Waals surface area contributed by atoms with Gasteiger partial charge in [-0.3, -0.25) is 0 Å². The van der Waals surface area contributed by atoms with Gasteiger partial charge >= 0.3 is 0 Å². The highest BCUT2D eigenvalue weighted by atomic mass is 16.3. The lowest BCUT2D eigenvalue weighted by atomic mass is 10.1. The van der Waals surface area contributed by atoms with E-state index in [0.717, 1.165) is 22.2 Å². The largest absolute Gasteiger partial charge is 0.464 e. The van der Waals surface area contributed by atoms with E-state index in [-0.39, 0.29) is 6.61 Å². The van der Waals surface area contributed by atoms with Crippen LogP contribution < -0.4 is 0 Å². The van der Waals surface area contributed by atoms with Gasteiger partial charge in [-0.2, -0.15) is 5.10 Å². The molecule has 0 saturated carbocycles. The minimum absolute atomic E-state index is 0.0935. The Bertz CT molecular complexity index is 908. The number of para-hydroxylation sites is 1. The third kappa shape index (κ3) is 1.53. The highest BCUT2D eigenvalue weighted by Crippen LogP contribution is 2.29. The molecule has 0 atom stereocenters. The number of furan rings is 1. The summed E-state index contributed by atoms with van der Waals surface area (Å²) in [4.78, 5) is 4.19. The molecule has 5 nitrogen and oxygen atoms in total. The third-order valence-electron chi connectivity index (χ3n) is 3.35. The molecule has 0 aliphatic heterocycles. The molecular weight excluding hydrogens is 254 g/mol. The summed E-state index contributed by atoms with van der Waals surface area (Å²) in [5.74, 6) is 0. The predicted octanol–water partition coefficient (Wildman–Crippen LogP) is 2.63. The number of imidazole rings is 1. The second kappa shape index (κ2) is 4.18. The third-order valence-corrected chi connectivity index (χ3v) is 3.35. The first-order valence-electron chi connectivity index (χ1n) is 6.28. The van der Waals surface area contributed by atoms with Crippen molar-refractivity contribution in [3.05, 3.63) is 54.6 Å². The molecule has 98 valence electrons. The van der Waals surface area contributed by atoms with E-state index in [9.17, 15) is 5.11 Å². The van der Waals surface area contributed by atoms with Crippen molar-refractivity contribution in [3.8, 4) is 11.3 Å². The van der Waals surface area contributed by atoms with Crippen LogP contribution in [0, 0.1) is 0 Å². The van der Waals surface area contributed by atoms with Crippen molar-refractivity contribution in [1.82, 2.24) is 14.6 Å². The fourth-order valence-corrected chi connectivity index (χ4v) is 2.35. The average molecular weight is 265 g/mol. The van der Waals surface area contributed by atoms with Gasteiger partial charge in [-0.25, -0.2) is 9.50 Å². The molecule has 4 aromatic rings. The molecule has 0 fully saturated rings. The summed E-state index contributed by atoms with van der Waals surface area (Å²) >= 11 is 0. The molecule has 0 saturated heterocycles. The number of aliphatic hydroxyl groups excluding tert-OH is 1. The Morgan fingerprint density at radius 2 is 2.05 bits per heavy atom. The van der Waals surface area contributed by atoms with E-state index in [1.165, 1.54) is 0 Å². The highest BCUT2D eigenvalue weighted by Gasteiger charge is 2.11. The van der Waals surface area contributed by atoms with Crippen LogP contribution in [0.4, 0.5) is 0 Å². The SMILES string of the molecule is OCc1cnc2ccc(-c3coc4ccccc34)nn12. The van der Waals surface area contributed by atoms with Crippen LogP contribution in [-0.2, 0) is 6.61 Å². The molecule has 0 radical (unpaired) electrons. The minimum Gasteiger partial charge on any atom is -0.464 e. The highest BCUT2D eigenvalue weighted by molar-refractivity contribution is 5.92. The summed E-state index contributed by atoms with van der Waals surface area (Å²) in [6, 6.07) is 11.6. The number of aromatic nitrogens is 3. The minimum atomic E-state index is -0.0935. The van der Waals surface area contributed by atoms with Gasteiger partial charge in [0.15, 0.2) is 5.65 Å². The molecule has 3 heterocycles. The van der Waals surface area contributed by atoms with Crippen LogP contribution in [-0.4, -0.2) is 19.7 Å². The summed E-state index contributed by atoms with van der Waals surface area (Å²) in [5, 5.41) is 14.8. The van der Waals surface area contributed by atoms with E-state index >= 15 is 0 Å². The van der Waals surface area contributed by atoms with Crippen LogP contribution in [0.15, 0.2) is 53.3 Å². The second-order valence-electron chi connectivity index (χ2n) is 4.54. The molecule has 1 N–H and O–H groups in total. The standard InChI is InChI=1S/C15H11N3O2/c19-8-10-7-16-15-6-5-13(17-18(10)15)12-9-20-14-4-2-1-3-11(12)14/h1-7,9,19H,8H2. The van der Waals surface area contributed by atoms with E-state index in [2.05, 4.69) is 10.1 Å². The second-order valence-corrected chi connectivity index (χ2v) is 4.54. The van der Waals surface area contributed by atoms with Gasteiger partial charge in [0.05, 0.1) is 24.2 Å². The molecule has 0 bridgehead atoms. The normalized spacial score (nSPS) is 11.4. The van der Waals surface area contributed by atoms with Gasteiger partial charge in [-0.15, -0.1) is 0 Å². The molecule has 3 aromatic heterocycles. The summed E-state index contributed by atoms with van der Waals surface area (Å²) in [7, 11) is 0. The van der Waals surface area contributed by atoms with Crippen molar-refractivity contribution in [2.45, 2.75) is 6.61 Å². The number of benzene rings is 1. The molecular formula is C15H11N3O2. The summed E-state index contributed by atoms with van der Waals surface area (Å²) in [6.07, 6.45) is 3.33. The van der Waals surface area contributed by atoms with Crippen LogP contribution in [0.25, 0.3) is 27.9 Å². The Kier molecular flexibility index (Phi) is 2.34. The molecule has 0 amide bonds. The maximum Gasteiger partial charge on any atom is 0.153 e. The number of nitrogens with zero attached hydrogens (tertiary/aromatic N) is 3. The quantitative estimate of drug-likeness (QED) is 0.605. The summed E-state index contributed by atoms with van der Waals surface area (Å²) in [5.41, 5.74) is 3.92. The van der Waals surface area contributed by atoms with Gasteiger partial charge in [0.25, 0.3) is 0 Å². The lowest BCUT2D eigenvalue weighted by Crippen LogP contribution is -1.98. The maximum absolute atomic E-state index is 9.30. The van der Waals surface area contributed by atoms with Gasteiger partial charge in [-0.05, 0) is 18.2 Å². The van der Waals surface area contributed by atoms with Crippen LogP contribution in [0.3, 0.4) is 0 Å². The first kappa shape index (κ1) is 11.2. The lowest BCUT2D eigenvalue weighted by Gasteiger charge is -2.01. The van der Waals surface area contributed by atoms with Crippen LogP contribution in [0.1, 0.15) is 5.69 Å². The topological polar surface area (TPSA) is 63.6 Å². The van der Waals surface area contributed by atoms with Crippen LogP contribution in [0.2, 0.25) is 0 Å². The number of rotatable bonds is 2. The zero-order valence-electron chi connectivity index (χ0n) is 10.5. The summed E-state index contributed by atoms with van der Waals surface area (Å²) < 4.78 is 7.19. The summed E-state index contributed by atoms with van der Waals surface area (Å²) in [6.45, 7) is -0.0935. The van der Waals surface area contributed by atoms with E-state index < -0.39 is 0 Å². The van der Waals surface area contributed by atoms with Crippen molar-refractivity contribution in [1.29, 1.82) is 0 Å². The fraction of sp³-hybridized carbons (Fsp3) is 0.0667. The van der Waals surface area contributed by atoms with Gasteiger partial charge in [0.1, 0.15) is 11.8 Å². The molecule has 0 aliphatic rings. The fourth-order valence-electron chi connectivity index (χ4n) is 2.35. The Hall–Kier alpha value is -2.66. The predicted molar refractivity (Wildman–Crippen MR) is 74.1 cm³/mol. The van der Waals surface area contributed by atoms with Crippen molar-refractivity contribution < 1.29 is 9.52 Å². The molecule has 4 rings (SSSR count). The Morgan fingerprint density at radius 1 is 1.15 bits per heavy atom. The van der Waals surface area contributed by atoms with Crippen molar-refractivity contribution in [3.63, 3.8) is 0 Å². The van der Waals surface area contributed by atoms with Crippen LogP contribution >= 0.6 is 0 Å². The van der Waals surface area contributed by atoms with Crippen molar-refractivity contribution in [2.75, 3.05) is 0 Å². The van der Waals surface area contributed by atoms with Gasteiger partial charge in [-0.1, -0.05) is 18.2 Å². The molecule has 0 aliphatic carbocycles.